The molecule has 0 radical (unpaired) electrons. The molecule has 8 aromatic rings. The summed E-state index contributed by atoms with van der Waals surface area (Å²) in [4.78, 5) is 2.36. The first kappa shape index (κ1) is 26.7. The predicted octanol–water partition coefficient (Wildman–Crippen LogP) is 12.4. The molecule has 0 amide bonds. The largest absolute Gasteiger partial charge is 0.456 e. The van der Waals surface area contributed by atoms with E-state index in [-0.39, 0.29) is 0 Å². The van der Waals surface area contributed by atoms with E-state index < -0.39 is 0 Å². The zero-order valence-corrected chi connectivity index (χ0v) is 25.0. The molecule has 0 saturated carbocycles. The fourth-order valence-corrected chi connectivity index (χ4v) is 6.46. The van der Waals surface area contributed by atoms with Crippen molar-refractivity contribution < 1.29 is 4.42 Å². The summed E-state index contributed by atoms with van der Waals surface area (Å²) in [6.45, 7) is 2.14. The van der Waals surface area contributed by atoms with Crippen molar-refractivity contribution in [2.45, 2.75) is 6.92 Å². The Morgan fingerprint density at radius 1 is 0.444 bits per heavy atom. The lowest BCUT2D eigenvalue weighted by molar-refractivity contribution is 0.629. The predicted molar refractivity (Wildman–Crippen MR) is 189 cm³/mol. The molecule has 0 fully saturated rings. The Morgan fingerprint density at radius 2 is 1.07 bits per heavy atom. The normalized spacial score (nSPS) is 11.2. The van der Waals surface area contributed by atoms with Crippen LogP contribution in [0.2, 0.25) is 0 Å². The lowest BCUT2D eigenvalue weighted by atomic mass is 9.97. The van der Waals surface area contributed by atoms with Crippen molar-refractivity contribution in [1.29, 1.82) is 0 Å². The topological polar surface area (TPSA) is 16.4 Å². The van der Waals surface area contributed by atoms with Crippen LogP contribution in [0.15, 0.2) is 174 Å². The minimum absolute atomic E-state index is 0.903. The average molecular weight is 578 g/mol. The Kier molecular flexibility index (Phi) is 6.73. The second kappa shape index (κ2) is 11.3. The number of para-hydroxylation sites is 2. The number of rotatable bonds is 6. The maximum Gasteiger partial charge on any atom is 0.138 e. The molecule has 0 saturated heterocycles. The van der Waals surface area contributed by atoms with Crippen molar-refractivity contribution in [2.24, 2.45) is 0 Å². The molecular formula is C43H31NO. The van der Waals surface area contributed by atoms with Crippen LogP contribution in [0.4, 0.5) is 17.1 Å². The summed E-state index contributed by atoms with van der Waals surface area (Å²) in [6, 6.07) is 60.2. The van der Waals surface area contributed by atoms with E-state index >= 15 is 0 Å². The Balaban J connectivity index is 1.29. The molecule has 0 aliphatic rings. The third-order valence-electron chi connectivity index (χ3n) is 8.67. The summed E-state index contributed by atoms with van der Waals surface area (Å²) in [7, 11) is 0. The summed E-state index contributed by atoms with van der Waals surface area (Å²) in [5.41, 5.74) is 11.1. The zero-order chi connectivity index (χ0) is 30.2. The first-order valence-electron chi connectivity index (χ1n) is 15.4. The van der Waals surface area contributed by atoms with Gasteiger partial charge in [-0.05, 0) is 70.8 Å². The van der Waals surface area contributed by atoms with Gasteiger partial charge in [0.2, 0.25) is 0 Å². The molecule has 0 aliphatic carbocycles. The summed E-state index contributed by atoms with van der Waals surface area (Å²) in [6.07, 6.45) is 0. The van der Waals surface area contributed by atoms with Crippen LogP contribution in [-0.2, 0) is 0 Å². The Labute approximate surface area is 263 Å². The first-order chi connectivity index (χ1) is 22.2. The highest BCUT2D eigenvalue weighted by Gasteiger charge is 2.19. The van der Waals surface area contributed by atoms with Crippen LogP contribution in [0.5, 0.6) is 0 Å². The molecule has 0 spiro atoms. The van der Waals surface area contributed by atoms with Gasteiger partial charge >= 0.3 is 0 Å². The van der Waals surface area contributed by atoms with Crippen molar-refractivity contribution in [3.63, 3.8) is 0 Å². The molecular weight excluding hydrogens is 546 g/mol. The van der Waals surface area contributed by atoms with Gasteiger partial charge in [0.15, 0.2) is 0 Å². The SMILES string of the molecule is Cc1c(-c2cccc(N(c3ccc(-c4cccc5ccccc45)cc3)c3ccccc3-c3ccccc3)c2)oc2ccccc12. The van der Waals surface area contributed by atoms with Gasteiger partial charge < -0.3 is 9.32 Å². The molecule has 2 nitrogen and oxygen atoms in total. The molecule has 0 atom stereocenters. The Morgan fingerprint density at radius 3 is 1.91 bits per heavy atom. The van der Waals surface area contributed by atoms with Gasteiger partial charge in [0.25, 0.3) is 0 Å². The lowest BCUT2D eigenvalue weighted by Gasteiger charge is -2.28. The van der Waals surface area contributed by atoms with Crippen molar-refractivity contribution in [2.75, 3.05) is 4.90 Å². The van der Waals surface area contributed by atoms with E-state index in [1.165, 1.54) is 33.0 Å². The number of fused-ring (bicyclic) bond motifs is 2. The van der Waals surface area contributed by atoms with Crippen molar-refractivity contribution in [1.82, 2.24) is 0 Å². The van der Waals surface area contributed by atoms with Gasteiger partial charge in [0.05, 0.1) is 5.69 Å². The molecule has 1 aromatic heterocycles. The van der Waals surface area contributed by atoms with Gasteiger partial charge in [0.1, 0.15) is 11.3 Å². The van der Waals surface area contributed by atoms with E-state index in [9.17, 15) is 0 Å². The molecule has 0 bridgehead atoms. The van der Waals surface area contributed by atoms with E-state index in [1.54, 1.807) is 0 Å². The number of nitrogens with zero attached hydrogens (tertiary/aromatic N) is 1. The molecule has 8 rings (SSSR count). The zero-order valence-electron chi connectivity index (χ0n) is 25.0. The van der Waals surface area contributed by atoms with Crippen LogP contribution >= 0.6 is 0 Å². The van der Waals surface area contributed by atoms with Crippen LogP contribution in [0.3, 0.4) is 0 Å². The number of benzene rings is 7. The van der Waals surface area contributed by atoms with Crippen LogP contribution in [0.1, 0.15) is 5.56 Å². The number of anilines is 3. The Hall–Kier alpha value is -5.86. The number of furan rings is 1. The molecule has 7 aromatic carbocycles. The van der Waals surface area contributed by atoms with Gasteiger partial charge in [-0.2, -0.15) is 0 Å². The fourth-order valence-electron chi connectivity index (χ4n) is 6.46. The van der Waals surface area contributed by atoms with Crippen molar-refractivity contribution in [3.8, 4) is 33.6 Å². The third-order valence-corrected chi connectivity index (χ3v) is 8.67. The smallest absolute Gasteiger partial charge is 0.138 e. The highest BCUT2D eigenvalue weighted by Crippen LogP contribution is 2.43. The summed E-state index contributed by atoms with van der Waals surface area (Å²) in [5, 5.41) is 3.65. The van der Waals surface area contributed by atoms with E-state index in [0.29, 0.717) is 0 Å². The summed E-state index contributed by atoms with van der Waals surface area (Å²) in [5.74, 6) is 0.903. The average Bonchev–Trinajstić information content (AvgIpc) is 3.45. The Bertz CT molecular complexity index is 2270. The minimum Gasteiger partial charge on any atom is -0.456 e. The van der Waals surface area contributed by atoms with Gasteiger partial charge in [-0.3, -0.25) is 0 Å². The van der Waals surface area contributed by atoms with Gasteiger partial charge in [-0.1, -0.05) is 133 Å². The fraction of sp³-hybridized carbons (Fsp3) is 0.0233. The monoisotopic (exact) mass is 577 g/mol. The van der Waals surface area contributed by atoms with E-state index in [0.717, 1.165) is 44.9 Å². The van der Waals surface area contributed by atoms with Crippen molar-refractivity contribution in [3.05, 3.63) is 175 Å². The maximum absolute atomic E-state index is 6.41. The highest BCUT2D eigenvalue weighted by molar-refractivity contribution is 5.97. The maximum atomic E-state index is 6.41. The number of aryl methyl sites for hydroxylation is 1. The first-order valence-corrected chi connectivity index (χ1v) is 15.4. The molecule has 0 unspecified atom stereocenters. The molecule has 1 heterocycles. The van der Waals surface area contributed by atoms with Gasteiger partial charge in [-0.15, -0.1) is 0 Å². The minimum atomic E-state index is 0.903. The second-order valence-electron chi connectivity index (χ2n) is 11.4. The second-order valence-corrected chi connectivity index (χ2v) is 11.4. The van der Waals surface area contributed by atoms with Crippen LogP contribution < -0.4 is 4.90 Å². The lowest BCUT2D eigenvalue weighted by Crippen LogP contribution is -2.11. The van der Waals surface area contributed by atoms with Gasteiger partial charge in [0, 0.05) is 33.5 Å². The van der Waals surface area contributed by atoms with Crippen LogP contribution in [0, 0.1) is 6.92 Å². The van der Waals surface area contributed by atoms with E-state index in [4.69, 9.17) is 4.42 Å². The standard InChI is InChI=1S/C43H31NO/c1-30-37-19-8-10-24-42(37)45-43(30)34-17-11-18-36(29-34)44(41-23-9-7-21-40(41)32-13-3-2-4-14-32)35-27-25-33(26-28-35)39-22-12-16-31-15-5-6-20-38(31)39/h2-29H,1H3. The van der Waals surface area contributed by atoms with Crippen LogP contribution in [-0.4, -0.2) is 0 Å². The summed E-state index contributed by atoms with van der Waals surface area (Å²) < 4.78 is 6.41. The van der Waals surface area contributed by atoms with E-state index in [2.05, 4.69) is 170 Å². The molecule has 0 N–H and O–H groups in total. The quantitative estimate of drug-likeness (QED) is 0.195. The van der Waals surface area contributed by atoms with Crippen LogP contribution in [0.25, 0.3) is 55.3 Å². The highest BCUT2D eigenvalue weighted by atomic mass is 16.3. The molecule has 45 heavy (non-hydrogen) atoms. The van der Waals surface area contributed by atoms with Gasteiger partial charge in [-0.25, -0.2) is 0 Å². The third kappa shape index (κ3) is 4.87. The van der Waals surface area contributed by atoms with E-state index in [1.807, 2.05) is 12.1 Å². The summed E-state index contributed by atoms with van der Waals surface area (Å²) >= 11 is 0. The molecule has 214 valence electrons. The molecule has 0 aliphatic heterocycles. The van der Waals surface area contributed by atoms with Crippen molar-refractivity contribution >= 4 is 38.8 Å². The molecule has 2 heteroatoms. The number of hydrogen-bond acceptors (Lipinski definition) is 2. The number of hydrogen-bond donors (Lipinski definition) is 0.